The maximum absolute atomic E-state index is 5.77. The molecule has 0 aliphatic carbocycles. The summed E-state index contributed by atoms with van der Waals surface area (Å²) in [6.07, 6.45) is 0.655. The van der Waals surface area contributed by atoms with E-state index in [9.17, 15) is 0 Å². The van der Waals surface area contributed by atoms with Gasteiger partial charge in [0.15, 0.2) is 16.1 Å². The third-order valence-electron chi connectivity index (χ3n) is 3.10. The first kappa shape index (κ1) is 13.4. The zero-order valence-corrected chi connectivity index (χ0v) is 12.7. The predicted octanol–water partition coefficient (Wildman–Crippen LogP) is 4.08. The van der Waals surface area contributed by atoms with E-state index in [2.05, 4.69) is 33.2 Å². The lowest BCUT2D eigenvalue weighted by Gasteiger charge is -2.13. The molecule has 1 unspecified atom stereocenters. The molecule has 0 radical (unpaired) electrons. The molecule has 0 saturated carbocycles. The van der Waals surface area contributed by atoms with Gasteiger partial charge in [0.05, 0.1) is 6.04 Å². The van der Waals surface area contributed by atoms with E-state index in [1.165, 1.54) is 0 Å². The van der Waals surface area contributed by atoms with Crippen LogP contribution in [0.1, 0.15) is 24.6 Å². The van der Waals surface area contributed by atoms with Gasteiger partial charge in [0.25, 0.3) is 0 Å². The number of aromatic nitrogens is 1. The Labute approximate surface area is 125 Å². The molecule has 0 fully saturated rings. The first-order chi connectivity index (χ1) is 9.76. The Morgan fingerprint density at radius 3 is 2.75 bits per heavy atom. The lowest BCUT2D eigenvalue weighted by Crippen LogP contribution is -2.22. The van der Waals surface area contributed by atoms with Gasteiger partial charge >= 0.3 is 0 Å². The zero-order valence-electron chi connectivity index (χ0n) is 11.1. The average molecular weight is 335 g/mol. The van der Waals surface area contributed by atoms with Gasteiger partial charge in [-0.3, -0.25) is 0 Å². The maximum atomic E-state index is 5.77. The van der Waals surface area contributed by atoms with Gasteiger partial charge < -0.3 is 14.2 Å². The topological polar surface area (TPSA) is 51.2 Å². The predicted molar refractivity (Wildman–Crippen MR) is 80.5 cm³/mol. The number of oxazole rings is 1. The van der Waals surface area contributed by atoms with Gasteiger partial charge in [0.1, 0.15) is 11.3 Å². The molecular formula is C15H15BrN2O2. The number of nitrogens with zero attached hydrogens (tertiary/aromatic N) is 1. The molecule has 2 aromatic heterocycles. The minimum Gasteiger partial charge on any atom is -0.453 e. The molecule has 0 spiro atoms. The van der Waals surface area contributed by atoms with E-state index in [0.717, 1.165) is 28.1 Å². The van der Waals surface area contributed by atoms with Crippen LogP contribution in [0.3, 0.4) is 0 Å². The molecule has 4 nitrogen and oxygen atoms in total. The van der Waals surface area contributed by atoms with Crippen LogP contribution in [-0.2, 0) is 6.42 Å². The summed E-state index contributed by atoms with van der Waals surface area (Å²) in [5.41, 5.74) is 1.71. The number of fused-ring (bicyclic) bond motifs is 1. The van der Waals surface area contributed by atoms with Gasteiger partial charge in [0, 0.05) is 6.42 Å². The van der Waals surface area contributed by atoms with E-state index in [0.29, 0.717) is 12.3 Å². The Morgan fingerprint density at radius 1 is 1.20 bits per heavy atom. The monoisotopic (exact) mass is 334 g/mol. The van der Waals surface area contributed by atoms with Crippen LogP contribution in [0.25, 0.3) is 11.1 Å². The number of benzene rings is 1. The Morgan fingerprint density at radius 2 is 2.05 bits per heavy atom. The summed E-state index contributed by atoms with van der Waals surface area (Å²) in [5.74, 6) is 1.59. The second-order valence-corrected chi connectivity index (χ2v) is 5.31. The molecule has 5 heteroatoms. The summed E-state index contributed by atoms with van der Waals surface area (Å²) in [6.45, 7) is 2.92. The molecule has 0 amide bonds. The fraction of sp³-hybridized carbons (Fsp3) is 0.267. The van der Waals surface area contributed by atoms with Gasteiger partial charge in [-0.2, -0.15) is 0 Å². The van der Waals surface area contributed by atoms with Crippen molar-refractivity contribution in [2.45, 2.75) is 19.4 Å². The van der Waals surface area contributed by atoms with Crippen LogP contribution in [0.5, 0.6) is 0 Å². The van der Waals surface area contributed by atoms with Gasteiger partial charge in [0.2, 0.25) is 0 Å². The molecule has 20 heavy (non-hydrogen) atoms. The van der Waals surface area contributed by atoms with E-state index in [-0.39, 0.29) is 6.04 Å². The summed E-state index contributed by atoms with van der Waals surface area (Å²) in [4.78, 5) is 4.51. The Kier molecular flexibility index (Phi) is 3.89. The summed E-state index contributed by atoms with van der Waals surface area (Å²) in [5, 5.41) is 3.39. The normalized spacial score (nSPS) is 12.9. The Balaban J connectivity index is 1.85. The molecule has 1 N–H and O–H groups in total. The van der Waals surface area contributed by atoms with Crippen molar-refractivity contribution in [1.29, 1.82) is 0 Å². The number of hydrogen-bond donors (Lipinski definition) is 1. The van der Waals surface area contributed by atoms with Crippen molar-refractivity contribution in [3.8, 4) is 0 Å². The lowest BCUT2D eigenvalue weighted by molar-refractivity contribution is 0.382. The number of rotatable bonds is 5. The second-order valence-electron chi connectivity index (χ2n) is 4.53. The first-order valence-electron chi connectivity index (χ1n) is 6.59. The molecule has 3 rings (SSSR count). The van der Waals surface area contributed by atoms with Gasteiger partial charge in [-0.15, -0.1) is 0 Å². The number of halogens is 1. The zero-order chi connectivity index (χ0) is 13.9. The maximum Gasteiger partial charge on any atom is 0.197 e. The Hall–Kier alpha value is -1.59. The van der Waals surface area contributed by atoms with Crippen LogP contribution in [0.15, 0.2) is 49.9 Å². The van der Waals surface area contributed by atoms with Crippen LogP contribution in [0.4, 0.5) is 0 Å². The smallest absolute Gasteiger partial charge is 0.197 e. The first-order valence-corrected chi connectivity index (χ1v) is 7.38. The summed E-state index contributed by atoms with van der Waals surface area (Å²) >= 11 is 3.33. The summed E-state index contributed by atoms with van der Waals surface area (Å²) < 4.78 is 12.1. The molecule has 0 aliphatic heterocycles. The van der Waals surface area contributed by atoms with Gasteiger partial charge in [-0.05, 0) is 46.7 Å². The van der Waals surface area contributed by atoms with Crippen molar-refractivity contribution >= 4 is 27.0 Å². The largest absolute Gasteiger partial charge is 0.453 e. The fourth-order valence-corrected chi connectivity index (χ4v) is 2.54. The third kappa shape index (κ3) is 2.78. The van der Waals surface area contributed by atoms with Crippen molar-refractivity contribution in [2.24, 2.45) is 0 Å². The lowest BCUT2D eigenvalue weighted by atomic mass is 10.1. The van der Waals surface area contributed by atoms with E-state index < -0.39 is 0 Å². The van der Waals surface area contributed by atoms with Crippen molar-refractivity contribution in [3.63, 3.8) is 0 Å². The number of para-hydroxylation sites is 2. The van der Waals surface area contributed by atoms with Gasteiger partial charge in [-0.25, -0.2) is 4.98 Å². The molecule has 0 saturated heterocycles. The third-order valence-corrected chi connectivity index (χ3v) is 3.53. The molecule has 2 heterocycles. The van der Waals surface area contributed by atoms with E-state index in [1.54, 1.807) is 0 Å². The van der Waals surface area contributed by atoms with Crippen molar-refractivity contribution in [1.82, 2.24) is 10.3 Å². The minimum absolute atomic E-state index is 0.0550. The van der Waals surface area contributed by atoms with Crippen LogP contribution >= 0.6 is 15.9 Å². The average Bonchev–Trinajstić information content (AvgIpc) is 3.03. The quantitative estimate of drug-likeness (QED) is 0.763. The standard InChI is InChI=1S/C15H15BrN2O2/c1-2-17-11(13-7-8-14(16)19-13)9-15-18-10-5-3-4-6-12(10)20-15/h3-8,11,17H,2,9H2,1H3. The summed E-state index contributed by atoms with van der Waals surface area (Å²) in [6, 6.07) is 11.7. The van der Waals surface area contributed by atoms with Crippen molar-refractivity contribution in [3.05, 3.63) is 52.7 Å². The Bertz CT molecular complexity index is 672. The highest BCUT2D eigenvalue weighted by atomic mass is 79.9. The number of likely N-dealkylation sites (N-methyl/N-ethyl adjacent to an activating group) is 1. The molecule has 0 aliphatic rings. The molecule has 1 aromatic carbocycles. The molecular weight excluding hydrogens is 320 g/mol. The number of hydrogen-bond acceptors (Lipinski definition) is 4. The van der Waals surface area contributed by atoms with Crippen molar-refractivity contribution < 1.29 is 8.83 Å². The second kappa shape index (κ2) is 5.81. The highest BCUT2D eigenvalue weighted by Crippen LogP contribution is 2.24. The van der Waals surface area contributed by atoms with Crippen LogP contribution in [0, 0.1) is 0 Å². The highest BCUT2D eigenvalue weighted by Gasteiger charge is 2.18. The molecule has 104 valence electrons. The van der Waals surface area contributed by atoms with Gasteiger partial charge in [-0.1, -0.05) is 19.1 Å². The van der Waals surface area contributed by atoms with E-state index >= 15 is 0 Å². The van der Waals surface area contributed by atoms with Crippen LogP contribution < -0.4 is 5.32 Å². The highest BCUT2D eigenvalue weighted by molar-refractivity contribution is 9.10. The molecule has 0 bridgehead atoms. The molecule has 1 atom stereocenters. The van der Waals surface area contributed by atoms with E-state index in [1.807, 2.05) is 36.4 Å². The number of nitrogens with one attached hydrogen (secondary N) is 1. The fourth-order valence-electron chi connectivity index (χ4n) is 2.22. The van der Waals surface area contributed by atoms with Crippen LogP contribution in [0.2, 0.25) is 0 Å². The minimum atomic E-state index is 0.0550. The molecule has 3 aromatic rings. The van der Waals surface area contributed by atoms with E-state index in [4.69, 9.17) is 8.83 Å². The summed E-state index contributed by atoms with van der Waals surface area (Å²) in [7, 11) is 0. The van der Waals surface area contributed by atoms with Crippen LogP contribution in [-0.4, -0.2) is 11.5 Å². The van der Waals surface area contributed by atoms with Crippen molar-refractivity contribution in [2.75, 3.05) is 6.54 Å². The number of furan rings is 1. The SMILES string of the molecule is CCNC(Cc1nc2ccccc2o1)c1ccc(Br)o1.